The van der Waals surface area contributed by atoms with Crippen molar-refractivity contribution in [3.63, 3.8) is 0 Å². The number of hydrogen-bond donors (Lipinski definition) is 1. The quantitative estimate of drug-likeness (QED) is 0.765. The zero-order valence-corrected chi connectivity index (χ0v) is 7.56. The molecule has 2 N–H and O–H groups in total. The van der Waals surface area contributed by atoms with Crippen molar-refractivity contribution in [1.82, 2.24) is 0 Å². The lowest BCUT2D eigenvalue weighted by Crippen LogP contribution is -2.04. The zero-order chi connectivity index (χ0) is 9.84. The third-order valence-electron chi connectivity index (χ3n) is 1.73. The molecule has 0 aromatic heterocycles. The normalized spacial score (nSPS) is 9.85. The molecule has 0 unspecified atom stereocenters. The van der Waals surface area contributed by atoms with Gasteiger partial charge in [0.2, 0.25) is 0 Å². The Morgan fingerprint density at radius 1 is 1.46 bits per heavy atom. The molecule has 0 atom stereocenters. The van der Waals surface area contributed by atoms with Crippen LogP contribution in [0.2, 0.25) is 0 Å². The fraction of sp³-hybridized carbons (Fsp3) is 0.333. The highest BCUT2D eigenvalue weighted by atomic mass is 19.1. The van der Waals surface area contributed by atoms with Gasteiger partial charge < -0.3 is 15.2 Å². The fourth-order valence-electron chi connectivity index (χ4n) is 1.11. The van der Waals surface area contributed by atoms with Gasteiger partial charge in [-0.1, -0.05) is 0 Å². The minimum absolute atomic E-state index is 0.0989. The number of halogens is 1. The van der Waals surface area contributed by atoms with Crippen LogP contribution in [0, 0.1) is 11.9 Å². The van der Waals surface area contributed by atoms with Crippen molar-refractivity contribution in [2.45, 2.75) is 6.54 Å². The lowest BCUT2D eigenvalue weighted by atomic mass is 10.1. The van der Waals surface area contributed by atoms with Gasteiger partial charge in [-0.2, -0.15) is 0 Å². The Labute approximate surface area is 76.3 Å². The molecule has 0 bridgehead atoms. The van der Waals surface area contributed by atoms with Gasteiger partial charge in [0.15, 0.2) is 11.6 Å². The summed E-state index contributed by atoms with van der Waals surface area (Å²) in [4.78, 5) is 0. The summed E-state index contributed by atoms with van der Waals surface area (Å²) in [7, 11) is 2.87. The number of ether oxygens (including phenoxy) is 2. The van der Waals surface area contributed by atoms with E-state index in [1.807, 2.05) is 0 Å². The summed E-state index contributed by atoms with van der Waals surface area (Å²) in [5, 5.41) is 0. The van der Waals surface area contributed by atoms with E-state index in [9.17, 15) is 4.39 Å². The van der Waals surface area contributed by atoms with E-state index in [0.29, 0.717) is 11.3 Å². The van der Waals surface area contributed by atoms with Crippen molar-refractivity contribution in [3.8, 4) is 11.5 Å². The first-order valence-corrected chi connectivity index (χ1v) is 3.75. The van der Waals surface area contributed by atoms with Gasteiger partial charge in [0.25, 0.3) is 0 Å². The smallest absolute Gasteiger partial charge is 0.173 e. The number of methoxy groups -OCH3 is 2. The van der Waals surface area contributed by atoms with E-state index in [2.05, 4.69) is 6.07 Å². The summed E-state index contributed by atoms with van der Waals surface area (Å²) in [5.41, 5.74) is 5.95. The molecular formula is C9H11FNO2. The predicted molar refractivity (Wildman–Crippen MR) is 46.2 cm³/mol. The molecule has 0 aliphatic heterocycles. The van der Waals surface area contributed by atoms with E-state index < -0.39 is 5.82 Å². The fourth-order valence-corrected chi connectivity index (χ4v) is 1.11. The SMILES string of the molecule is COc1c[c]c(F)c(OC)c1CN. The van der Waals surface area contributed by atoms with Crippen molar-refractivity contribution in [1.29, 1.82) is 0 Å². The number of nitrogens with two attached hydrogens (primary N) is 1. The van der Waals surface area contributed by atoms with Gasteiger partial charge in [-0.15, -0.1) is 0 Å². The molecule has 0 heterocycles. The Hall–Kier alpha value is -1.29. The van der Waals surface area contributed by atoms with Gasteiger partial charge in [-0.05, 0) is 6.07 Å². The van der Waals surface area contributed by atoms with Gasteiger partial charge in [0, 0.05) is 12.6 Å². The maximum absolute atomic E-state index is 13.1. The molecular weight excluding hydrogens is 173 g/mol. The lowest BCUT2D eigenvalue weighted by molar-refractivity contribution is 0.365. The van der Waals surface area contributed by atoms with Crippen LogP contribution < -0.4 is 15.2 Å². The number of rotatable bonds is 3. The highest BCUT2D eigenvalue weighted by Crippen LogP contribution is 2.29. The largest absolute Gasteiger partial charge is 0.496 e. The molecule has 0 aliphatic carbocycles. The van der Waals surface area contributed by atoms with E-state index in [-0.39, 0.29) is 12.3 Å². The average molecular weight is 184 g/mol. The van der Waals surface area contributed by atoms with Crippen LogP contribution in [-0.2, 0) is 6.54 Å². The molecule has 71 valence electrons. The maximum atomic E-state index is 13.1. The molecule has 3 nitrogen and oxygen atoms in total. The molecule has 0 saturated carbocycles. The van der Waals surface area contributed by atoms with Crippen molar-refractivity contribution >= 4 is 0 Å². The van der Waals surface area contributed by atoms with Crippen molar-refractivity contribution < 1.29 is 13.9 Å². The summed E-state index contributed by atoms with van der Waals surface area (Å²) in [6.07, 6.45) is 0. The minimum Gasteiger partial charge on any atom is -0.496 e. The predicted octanol–water partition coefficient (Wildman–Crippen LogP) is 1.10. The van der Waals surface area contributed by atoms with E-state index in [1.165, 1.54) is 20.3 Å². The van der Waals surface area contributed by atoms with E-state index in [4.69, 9.17) is 15.2 Å². The Morgan fingerprint density at radius 3 is 2.62 bits per heavy atom. The molecule has 4 heteroatoms. The van der Waals surface area contributed by atoms with Crippen molar-refractivity contribution in [2.24, 2.45) is 5.73 Å². The van der Waals surface area contributed by atoms with E-state index >= 15 is 0 Å². The molecule has 1 rings (SSSR count). The molecule has 0 aliphatic rings. The molecule has 0 saturated heterocycles. The standard InChI is InChI=1S/C9H11FNO2/c1-12-8-4-3-7(10)9(13-2)6(8)5-11/h4H,5,11H2,1-2H3. The summed E-state index contributed by atoms with van der Waals surface area (Å²) in [6, 6.07) is 3.78. The second-order valence-corrected chi connectivity index (χ2v) is 2.39. The Balaban J connectivity index is 3.27. The monoisotopic (exact) mass is 184 g/mol. The van der Waals surface area contributed by atoms with E-state index in [0.717, 1.165) is 0 Å². The van der Waals surface area contributed by atoms with Crippen LogP contribution in [0.25, 0.3) is 0 Å². The van der Waals surface area contributed by atoms with Crippen LogP contribution in [0.5, 0.6) is 11.5 Å². The summed E-state index contributed by atoms with van der Waals surface area (Å²) < 4.78 is 22.9. The Bertz CT molecular complexity index is 302. The van der Waals surface area contributed by atoms with Gasteiger partial charge in [-0.3, -0.25) is 0 Å². The zero-order valence-electron chi connectivity index (χ0n) is 7.56. The first-order chi connectivity index (χ1) is 6.24. The van der Waals surface area contributed by atoms with Crippen LogP contribution in [0.4, 0.5) is 4.39 Å². The highest BCUT2D eigenvalue weighted by molar-refractivity contribution is 5.45. The van der Waals surface area contributed by atoms with Gasteiger partial charge in [0.05, 0.1) is 19.8 Å². The van der Waals surface area contributed by atoms with Crippen LogP contribution in [0.15, 0.2) is 6.07 Å². The lowest BCUT2D eigenvalue weighted by Gasteiger charge is -2.11. The van der Waals surface area contributed by atoms with Crippen molar-refractivity contribution in [2.75, 3.05) is 14.2 Å². The summed E-state index contributed by atoms with van der Waals surface area (Å²) in [6.45, 7) is 0.165. The van der Waals surface area contributed by atoms with Crippen LogP contribution in [-0.4, -0.2) is 14.2 Å². The van der Waals surface area contributed by atoms with Gasteiger partial charge >= 0.3 is 0 Å². The maximum Gasteiger partial charge on any atom is 0.173 e. The van der Waals surface area contributed by atoms with Crippen molar-refractivity contribution in [3.05, 3.63) is 23.5 Å². The Morgan fingerprint density at radius 2 is 2.15 bits per heavy atom. The third-order valence-corrected chi connectivity index (χ3v) is 1.73. The van der Waals surface area contributed by atoms with Gasteiger partial charge in [-0.25, -0.2) is 4.39 Å². The molecule has 1 aromatic rings. The third kappa shape index (κ3) is 1.72. The molecule has 1 radical (unpaired) electrons. The van der Waals surface area contributed by atoms with Gasteiger partial charge in [0.1, 0.15) is 5.75 Å². The Kier molecular flexibility index (Phi) is 3.08. The van der Waals surface area contributed by atoms with Crippen LogP contribution in [0.3, 0.4) is 0 Å². The minimum atomic E-state index is -0.552. The molecule has 0 spiro atoms. The van der Waals surface area contributed by atoms with Crippen LogP contribution >= 0.6 is 0 Å². The van der Waals surface area contributed by atoms with Crippen LogP contribution in [0.1, 0.15) is 5.56 Å². The molecule has 13 heavy (non-hydrogen) atoms. The summed E-state index contributed by atoms with van der Waals surface area (Å²) >= 11 is 0. The first-order valence-electron chi connectivity index (χ1n) is 3.75. The highest BCUT2D eigenvalue weighted by Gasteiger charge is 2.13. The molecule has 1 aromatic carbocycles. The van der Waals surface area contributed by atoms with E-state index in [1.54, 1.807) is 0 Å². The topological polar surface area (TPSA) is 44.5 Å². The number of hydrogen-bond acceptors (Lipinski definition) is 3. The average Bonchev–Trinajstić information content (AvgIpc) is 2.17. The molecule has 0 amide bonds. The first kappa shape index (κ1) is 9.80. The summed E-state index contributed by atoms with van der Waals surface area (Å²) in [5.74, 6) is 0.0337. The second-order valence-electron chi connectivity index (χ2n) is 2.39. The second kappa shape index (κ2) is 4.09. The number of benzene rings is 1. The molecule has 0 fully saturated rings.